The second-order valence-corrected chi connectivity index (χ2v) is 4.81. The molecule has 0 spiro atoms. The molecule has 1 aromatic heterocycles. The van der Waals surface area contributed by atoms with E-state index < -0.39 is 11.9 Å². The van der Waals surface area contributed by atoms with Crippen molar-refractivity contribution in [2.45, 2.75) is 20.8 Å². The first kappa shape index (κ1) is 13.6. The number of rotatable bonds is 2. The molecule has 0 unspecified atom stereocenters. The molecular weight excluding hydrogens is 270 g/mol. The predicted molar refractivity (Wildman–Crippen MR) is 70.0 cm³/mol. The molecule has 1 aliphatic rings. The number of urea groups is 1. The van der Waals surface area contributed by atoms with Crippen LogP contribution >= 0.6 is 11.6 Å². The zero-order valence-corrected chi connectivity index (χ0v) is 11.7. The Kier molecular flexibility index (Phi) is 3.36. The number of halogens is 1. The molecule has 7 heteroatoms. The van der Waals surface area contributed by atoms with E-state index in [2.05, 4.69) is 0 Å². The third-order valence-corrected chi connectivity index (χ3v) is 3.55. The molecule has 0 N–H and O–H groups in total. The molecule has 2 rings (SSSR count). The van der Waals surface area contributed by atoms with Crippen molar-refractivity contribution < 1.29 is 14.3 Å². The maximum absolute atomic E-state index is 12.2. The van der Waals surface area contributed by atoms with Gasteiger partial charge in [0.2, 0.25) is 0 Å². The molecule has 102 valence electrons. The quantitative estimate of drug-likeness (QED) is 0.468. The fourth-order valence-corrected chi connectivity index (χ4v) is 2.29. The van der Waals surface area contributed by atoms with E-state index in [0.717, 1.165) is 4.90 Å². The standard InChI is InChI=1S/C12H14ClN3O3/c1-4-14-6-10(17)15(12(14)18)11-7(2)5-9(13)8(3)16(11)19/h5H,4,6H2,1-3H3. The Morgan fingerprint density at radius 2 is 2.05 bits per heavy atom. The van der Waals surface area contributed by atoms with Crippen LogP contribution in [0, 0.1) is 19.1 Å². The Morgan fingerprint density at radius 1 is 1.42 bits per heavy atom. The third kappa shape index (κ3) is 2.02. The van der Waals surface area contributed by atoms with E-state index in [1.807, 2.05) is 0 Å². The zero-order valence-electron chi connectivity index (χ0n) is 10.9. The minimum atomic E-state index is -0.470. The van der Waals surface area contributed by atoms with Crippen molar-refractivity contribution in [1.29, 1.82) is 0 Å². The molecule has 0 radical (unpaired) electrons. The highest BCUT2D eigenvalue weighted by Gasteiger charge is 2.45. The summed E-state index contributed by atoms with van der Waals surface area (Å²) in [5.74, 6) is -0.367. The number of aryl methyl sites for hydroxylation is 1. The van der Waals surface area contributed by atoms with Gasteiger partial charge in [0.15, 0.2) is 0 Å². The molecule has 0 aromatic carbocycles. The third-order valence-electron chi connectivity index (χ3n) is 3.17. The van der Waals surface area contributed by atoms with E-state index in [1.165, 1.54) is 4.90 Å². The highest BCUT2D eigenvalue weighted by molar-refractivity contribution is 6.31. The van der Waals surface area contributed by atoms with Gasteiger partial charge in [0.05, 0.1) is 5.02 Å². The van der Waals surface area contributed by atoms with Gasteiger partial charge < -0.3 is 5.21 Å². The van der Waals surface area contributed by atoms with Crippen molar-refractivity contribution >= 4 is 29.4 Å². The van der Waals surface area contributed by atoms with Crippen LogP contribution in [0.5, 0.6) is 0 Å². The van der Waals surface area contributed by atoms with Crippen LogP contribution in [0.3, 0.4) is 0 Å². The van der Waals surface area contributed by atoms with E-state index >= 15 is 0 Å². The van der Waals surface area contributed by atoms with Gasteiger partial charge in [-0.25, -0.2) is 14.3 Å². The first-order valence-electron chi connectivity index (χ1n) is 5.89. The van der Waals surface area contributed by atoms with Gasteiger partial charge in [-0.2, -0.15) is 0 Å². The van der Waals surface area contributed by atoms with Crippen molar-refractivity contribution in [1.82, 2.24) is 4.90 Å². The average Bonchev–Trinajstić information content (AvgIpc) is 2.63. The Balaban J connectivity index is 2.57. The number of hydrogen-bond donors (Lipinski definition) is 0. The summed E-state index contributed by atoms with van der Waals surface area (Å²) in [7, 11) is 0. The molecule has 0 aliphatic carbocycles. The Labute approximate surface area is 115 Å². The average molecular weight is 284 g/mol. The molecule has 0 atom stereocenters. The van der Waals surface area contributed by atoms with Crippen molar-refractivity contribution in [2.24, 2.45) is 0 Å². The highest BCUT2D eigenvalue weighted by Crippen LogP contribution is 2.25. The minimum Gasteiger partial charge on any atom is -0.710 e. The number of pyridine rings is 1. The van der Waals surface area contributed by atoms with E-state index in [9.17, 15) is 14.8 Å². The molecule has 2 heterocycles. The lowest BCUT2D eigenvalue weighted by molar-refractivity contribution is -0.598. The summed E-state index contributed by atoms with van der Waals surface area (Å²) < 4.78 is 0.534. The Morgan fingerprint density at radius 3 is 2.58 bits per heavy atom. The lowest BCUT2D eigenvalue weighted by atomic mass is 10.2. The number of amides is 3. The number of anilines is 1. The van der Waals surface area contributed by atoms with Gasteiger partial charge in [-0.3, -0.25) is 4.90 Å². The Bertz CT molecular complexity index is 574. The van der Waals surface area contributed by atoms with Gasteiger partial charge in [0.25, 0.3) is 5.82 Å². The number of carbonyl (C=O) groups is 2. The summed E-state index contributed by atoms with van der Waals surface area (Å²) in [6, 6.07) is 1.11. The summed E-state index contributed by atoms with van der Waals surface area (Å²) in [5, 5.41) is 12.5. The topological polar surface area (TPSA) is 67.6 Å². The predicted octanol–water partition coefficient (Wildman–Crippen LogP) is 1.38. The fraction of sp³-hybridized carbons (Fsp3) is 0.417. The number of carbonyl (C=O) groups excluding carboxylic acids is 2. The number of hydrogen-bond acceptors (Lipinski definition) is 3. The molecule has 19 heavy (non-hydrogen) atoms. The minimum absolute atomic E-state index is 0.00352. The lowest BCUT2D eigenvalue weighted by Gasteiger charge is -2.18. The van der Waals surface area contributed by atoms with E-state index in [-0.39, 0.29) is 18.1 Å². The van der Waals surface area contributed by atoms with Crippen LogP contribution in [0.25, 0.3) is 0 Å². The number of aromatic nitrogens is 1. The maximum Gasteiger partial charge on any atom is 0.419 e. The van der Waals surface area contributed by atoms with Crippen molar-refractivity contribution in [3.8, 4) is 0 Å². The van der Waals surface area contributed by atoms with Crippen LogP contribution < -0.4 is 9.63 Å². The molecule has 6 nitrogen and oxygen atoms in total. The first-order chi connectivity index (χ1) is 8.88. The molecule has 1 fully saturated rings. The molecule has 0 saturated carbocycles. The fourth-order valence-electron chi connectivity index (χ4n) is 2.05. The number of likely N-dealkylation sites (N-methyl/N-ethyl adjacent to an activating group) is 1. The van der Waals surface area contributed by atoms with Crippen LogP contribution in [0.4, 0.5) is 10.6 Å². The van der Waals surface area contributed by atoms with Crippen LogP contribution in [-0.2, 0) is 4.79 Å². The zero-order chi connectivity index (χ0) is 14.3. The molecule has 1 aromatic rings. The number of imide groups is 1. The van der Waals surface area contributed by atoms with Crippen LogP contribution in [-0.4, -0.2) is 29.9 Å². The second kappa shape index (κ2) is 4.70. The van der Waals surface area contributed by atoms with Gasteiger partial charge in [-0.1, -0.05) is 11.6 Å². The van der Waals surface area contributed by atoms with Gasteiger partial charge in [0.1, 0.15) is 12.2 Å². The maximum atomic E-state index is 12.2. The monoisotopic (exact) mass is 283 g/mol. The van der Waals surface area contributed by atoms with Crippen LogP contribution in [0.1, 0.15) is 18.2 Å². The summed E-state index contributed by atoms with van der Waals surface area (Å²) >= 11 is 5.91. The highest BCUT2D eigenvalue weighted by atomic mass is 35.5. The Hall–Kier alpha value is -1.82. The normalized spacial score (nSPS) is 15.6. The molecule has 0 bridgehead atoms. The van der Waals surface area contributed by atoms with E-state index in [1.54, 1.807) is 26.8 Å². The SMILES string of the molecule is CCN1CC(=O)N(c2c(C)cc(Cl)c(C)[n+]2[O-])C1=O. The van der Waals surface area contributed by atoms with Crippen LogP contribution in [0.15, 0.2) is 6.07 Å². The summed E-state index contributed by atoms with van der Waals surface area (Å²) in [6.07, 6.45) is 0. The smallest absolute Gasteiger partial charge is 0.419 e. The van der Waals surface area contributed by atoms with E-state index in [4.69, 9.17) is 11.6 Å². The molecule has 1 saturated heterocycles. The van der Waals surface area contributed by atoms with Gasteiger partial charge >= 0.3 is 11.9 Å². The lowest BCUT2D eigenvalue weighted by Crippen LogP contribution is -2.45. The molecule has 3 amide bonds. The summed E-state index contributed by atoms with van der Waals surface area (Å²) in [5.41, 5.74) is 0.753. The van der Waals surface area contributed by atoms with E-state index in [0.29, 0.717) is 21.9 Å². The van der Waals surface area contributed by atoms with Crippen LogP contribution in [0.2, 0.25) is 5.02 Å². The first-order valence-corrected chi connectivity index (χ1v) is 6.27. The van der Waals surface area contributed by atoms with Crippen molar-refractivity contribution in [3.63, 3.8) is 0 Å². The molecule has 1 aliphatic heterocycles. The largest absolute Gasteiger partial charge is 0.710 e. The van der Waals surface area contributed by atoms with Gasteiger partial charge in [0, 0.05) is 12.1 Å². The number of nitrogens with zero attached hydrogens (tertiary/aromatic N) is 3. The van der Waals surface area contributed by atoms with Gasteiger partial charge in [-0.05, 0) is 26.8 Å². The summed E-state index contributed by atoms with van der Waals surface area (Å²) in [6.45, 7) is 5.38. The summed E-state index contributed by atoms with van der Waals surface area (Å²) in [4.78, 5) is 26.3. The molecular formula is C12H14ClN3O3. The van der Waals surface area contributed by atoms with Crippen molar-refractivity contribution in [3.05, 3.63) is 27.6 Å². The van der Waals surface area contributed by atoms with Crippen molar-refractivity contribution in [2.75, 3.05) is 18.0 Å². The second-order valence-electron chi connectivity index (χ2n) is 4.40. The van der Waals surface area contributed by atoms with Gasteiger partial charge in [-0.15, -0.1) is 4.90 Å².